The van der Waals surface area contributed by atoms with Crippen LogP contribution in [-0.2, 0) is 4.79 Å². The van der Waals surface area contributed by atoms with Gasteiger partial charge in [0.25, 0.3) is 0 Å². The molecule has 0 amide bonds. The summed E-state index contributed by atoms with van der Waals surface area (Å²) >= 11 is 6.00. The van der Waals surface area contributed by atoms with Crippen molar-refractivity contribution in [3.63, 3.8) is 0 Å². The molecule has 0 radical (unpaired) electrons. The highest BCUT2D eigenvalue weighted by Crippen LogP contribution is 2.31. The van der Waals surface area contributed by atoms with Crippen molar-refractivity contribution >= 4 is 23.4 Å². The normalized spacial score (nSPS) is 21.5. The van der Waals surface area contributed by atoms with Gasteiger partial charge in [-0.3, -0.25) is 9.59 Å². The number of methoxy groups -OCH3 is 1. The highest BCUT2D eigenvalue weighted by Gasteiger charge is 2.34. The number of allylic oxidation sites excluding steroid dienone is 2. The van der Waals surface area contributed by atoms with Gasteiger partial charge in [0.05, 0.1) is 18.1 Å². The van der Waals surface area contributed by atoms with Crippen LogP contribution in [0.4, 0.5) is 0 Å². The summed E-state index contributed by atoms with van der Waals surface area (Å²) in [6, 6.07) is 4.76. The first-order valence-corrected chi connectivity index (χ1v) is 6.68. The maximum absolute atomic E-state index is 12.5. The van der Waals surface area contributed by atoms with E-state index >= 15 is 0 Å². The zero-order chi connectivity index (χ0) is 14.7. The Kier molecular flexibility index (Phi) is 4.45. The first-order valence-electron chi connectivity index (χ1n) is 6.30. The lowest BCUT2D eigenvalue weighted by Crippen LogP contribution is -2.31. The summed E-state index contributed by atoms with van der Waals surface area (Å²) < 4.78 is 5.04. The molecule has 0 saturated heterocycles. The minimum absolute atomic E-state index is 0.189. The van der Waals surface area contributed by atoms with Crippen LogP contribution >= 0.6 is 11.6 Å². The van der Waals surface area contributed by atoms with Crippen molar-refractivity contribution in [3.8, 4) is 5.75 Å². The van der Waals surface area contributed by atoms with E-state index in [4.69, 9.17) is 16.3 Å². The number of hydrogen-bond donors (Lipinski definition) is 1. The van der Waals surface area contributed by atoms with E-state index in [1.807, 2.05) is 12.2 Å². The van der Waals surface area contributed by atoms with Crippen LogP contribution < -0.4 is 4.74 Å². The Balaban J connectivity index is 2.28. The number of ether oxygens (including phenoxy) is 1. The quantitative estimate of drug-likeness (QED) is 0.684. The van der Waals surface area contributed by atoms with E-state index in [1.54, 1.807) is 12.1 Å². The monoisotopic (exact) mass is 294 g/mol. The van der Waals surface area contributed by atoms with Crippen LogP contribution in [0.15, 0.2) is 30.4 Å². The predicted molar refractivity (Wildman–Crippen MR) is 75.3 cm³/mol. The van der Waals surface area contributed by atoms with Gasteiger partial charge in [-0.15, -0.1) is 0 Å². The summed E-state index contributed by atoms with van der Waals surface area (Å²) in [5, 5.41) is 9.55. The van der Waals surface area contributed by atoms with Gasteiger partial charge < -0.3 is 9.84 Å². The molecule has 0 fully saturated rings. The Morgan fingerprint density at radius 3 is 2.45 bits per heavy atom. The molecule has 0 heterocycles. The summed E-state index contributed by atoms with van der Waals surface area (Å²) in [7, 11) is 1.50. The zero-order valence-electron chi connectivity index (χ0n) is 11.0. The first kappa shape index (κ1) is 14.6. The molecular weight excluding hydrogens is 280 g/mol. The van der Waals surface area contributed by atoms with E-state index in [9.17, 15) is 14.7 Å². The molecule has 5 heteroatoms. The molecule has 2 rings (SSSR count). The van der Waals surface area contributed by atoms with Crippen molar-refractivity contribution in [2.24, 2.45) is 11.8 Å². The van der Waals surface area contributed by atoms with E-state index in [1.165, 1.54) is 13.2 Å². The van der Waals surface area contributed by atoms with E-state index in [-0.39, 0.29) is 5.78 Å². The number of carbonyl (C=O) groups is 2. The summed E-state index contributed by atoms with van der Waals surface area (Å²) in [6.45, 7) is 0. The van der Waals surface area contributed by atoms with Gasteiger partial charge in [-0.2, -0.15) is 0 Å². The molecule has 2 atom stereocenters. The zero-order valence-corrected chi connectivity index (χ0v) is 11.8. The largest absolute Gasteiger partial charge is 0.495 e. The Labute approximate surface area is 122 Å². The number of aliphatic carboxylic acids is 1. The van der Waals surface area contributed by atoms with Gasteiger partial charge in [0.15, 0.2) is 5.78 Å². The van der Waals surface area contributed by atoms with Gasteiger partial charge >= 0.3 is 5.97 Å². The Morgan fingerprint density at radius 2 is 1.90 bits per heavy atom. The average molecular weight is 295 g/mol. The van der Waals surface area contributed by atoms with Gasteiger partial charge in [0.1, 0.15) is 5.75 Å². The molecular formula is C15H15ClO4. The number of rotatable bonds is 4. The number of hydrogen-bond acceptors (Lipinski definition) is 3. The standard InChI is InChI=1S/C15H15ClO4/c1-20-13-7-6-9(8-12(13)16)14(17)10-4-2-3-5-11(10)15(18)19/h2-3,6-8,10-11H,4-5H2,1H3,(H,18,19)/t10-,11+/m0/s1. The number of halogens is 1. The van der Waals surface area contributed by atoms with Crippen molar-refractivity contribution in [3.05, 3.63) is 40.9 Å². The fourth-order valence-electron chi connectivity index (χ4n) is 2.41. The minimum atomic E-state index is -0.938. The molecule has 1 aromatic rings. The summed E-state index contributed by atoms with van der Waals surface area (Å²) in [4.78, 5) is 23.7. The molecule has 0 saturated carbocycles. The molecule has 1 aromatic carbocycles. The van der Waals surface area contributed by atoms with Crippen molar-refractivity contribution in [2.75, 3.05) is 7.11 Å². The Morgan fingerprint density at radius 1 is 1.25 bits per heavy atom. The minimum Gasteiger partial charge on any atom is -0.495 e. The van der Waals surface area contributed by atoms with Gasteiger partial charge in [0, 0.05) is 11.5 Å². The molecule has 106 valence electrons. The van der Waals surface area contributed by atoms with Crippen LogP contribution in [0.1, 0.15) is 23.2 Å². The number of carboxylic acid groups (broad SMARTS) is 1. The fraction of sp³-hybridized carbons (Fsp3) is 0.333. The van der Waals surface area contributed by atoms with Crippen LogP contribution in [0.5, 0.6) is 5.75 Å². The van der Waals surface area contributed by atoms with Gasteiger partial charge in [-0.1, -0.05) is 23.8 Å². The lowest BCUT2D eigenvalue weighted by Gasteiger charge is -2.24. The average Bonchev–Trinajstić information content (AvgIpc) is 2.46. The lowest BCUT2D eigenvalue weighted by atomic mass is 9.78. The molecule has 0 unspecified atom stereocenters. The number of benzene rings is 1. The van der Waals surface area contributed by atoms with Crippen molar-refractivity contribution in [2.45, 2.75) is 12.8 Å². The number of carboxylic acids is 1. The van der Waals surface area contributed by atoms with E-state index < -0.39 is 17.8 Å². The topological polar surface area (TPSA) is 63.6 Å². The molecule has 0 spiro atoms. The third-order valence-corrected chi connectivity index (χ3v) is 3.82. The van der Waals surface area contributed by atoms with Crippen molar-refractivity contribution in [1.82, 2.24) is 0 Å². The van der Waals surface area contributed by atoms with E-state index in [0.29, 0.717) is 29.2 Å². The molecule has 0 aliphatic heterocycles. The first-order chi connectivity index (χ1) is 9.54. The summed E-state index contributed by atoms with van der Waals surface area (Å²) in [6.07, 6.45) is 4.49. The van der Waals surface area contributed by atoms with E-state index in [0.717, 1.165) is 0 Å². The fourth-order valence-corrected chi connectivity index (χ4v) is 2.67. The second kappa shape index (κ2) is 6.09. The summed E-state index contributed by atoms with van der Waals surface area (Å²) in [5.74, 6) is -1.85. The van der Waals surface area contributed by atoms with Gasteiger partial charge in [0.2, 0.25) is 0 Å². The Bertz CT molecular complexity index is 565. The molecule has 1 N–H and O–H groups in total. The van der Waals surface area contributed by atoms with E-state index in [2.05, 4.69) is 0 Å². The number of Topliss-reactive ketones (excluding diaryl/α,β-unsaturated/α-hetero) is 1. The maximum Gasteiger partial charge on any atom is 0.307 e. The van der Waals surface area contributed by atoms with Crippen LogP contribution in [0.2, 0.25) is 5.02 Å². The van der Waals surface area contributed by atoms with Crippen LogP contribution in [0.25, 0.3) is 0 Å². The number of carbonyl (C=O) groups excluding carboxylic acids is 1. The molecule has 20 heavy (non-hydrogen) atoms. The number of ketones is 1. The maximum atomic E-state index is 12.5. The molecule has 0 aromatic heterocycles. The summed E-state index contributed by atoms with van der Waals surface area (Å²) in [5.41, 5.74) is 0.419. The van der Waals surface area contributed by atoms with Gasteiger partial charge in [-0.25, -0.2) is 0 Å². The van der Waals surface area contributed by atoms with Crippen LogP contribution in [0.3, 0.4) is 0 Å². The third kappa shape index (κ3) is 2.85. The third-order valence-electron chi connectivity index (χ3n) is 3.52. The van der Waals surface area contributed by atoms with Crippen molar-refractivity contribution < 1.29 is 19.4 Å². The smallest absolute Gasteiger partial charge is 0.307 e. The molecule has 1 aliphatic carbocycles. The molecule has 1 aliphatic rings. The second-order valence-corrected chi connectivity index (χ2v) is 5.11. The second-order valence-electron chi connectivity index (χ2n) is 4.71. The van der Waals surface area contributed by atoms with Crippen LogP contribution in [-0.4, -0.2) is 24.0 Å². The lowest BCUT2D eigenvalue weighted by molar-refractivity contribution is -0.143. The van der Waals surface area contributed by atoms with Crippen LogP contribution in [0, 0.1) is 11.8 Å². The highest BCUT2D eigenvalue weighted by atomic mass is 35.5. The van der Waals surface area contributed by atoms with Gasteiger partial charge in [-0.05, 0) is 31.0 Å². The predicted octanol–water partition coefficient (Wildman–Crippen LogP) is 3.20. The highest BCUT2D eigenvalue weighted by molar-refractivity contribution is 6.32. The SMILES string of the molecule is COc1ccc(C(=O)[C@H]2CC=CC[C@H]2C(=O)O)cc1Cl. The van der Waals surface area contributed by atoms with Crippen molar-refractivity contribution in [1.29, 1.82) is 0 Å². The molecule has 4 nitrogen and oxygen atoms in total. The Hall–Kier alpha value is -1.81. The molecule has 0 bridgehead atoms.